The molecule has 1 aromatic rings. The Balaban J connectivity index is 2.81. The second-order valence-electron chi connectivity index (χ2n) is 3.62. The number of nitrogens with zero attached hydrogens (tertiary/aromatic N) is 1. The average molecular weight is 241 g/mol. The lowest BCUT2D eigenvalue weighted by atomic mass is 10.2. The van der Waals surface area contributed by atoms with Gasteiger partial charge in [-0.2, -0.15) is 12.6 Å². The molecule has 0 N–H and O–H groups in total. The van der Waals surface area contributed by atoms with E-state index in [-0.39, 0.29) is 0 Å². The molecule has 0 aliphatic heterocycles. The van der Waals surface area contributed by atoms with Crippen molar-refractivity contribution in [2.24, 2.45) is 0 Å². The molecule has 0 spiro atoms. The van der Waals surface area contributed by atoms with Gasteiger partial charge in [-0.1, -0.05) is 25.1 Å². The van der Waals surface area contributed by atoms with Crippen LogP contribution in [0.2, 0.25) is 0 Å². The van der Waals surface area contributed by atoms with E-state index in [1.165, 1.54) is 5.69 Å². The molecule has 1 rings (SSSR count). The molecule has 1 nitrogen and oxygen atoms in total. The van der Waals surface area contributed by atoms with Gasteiger partial charge in [0.1, 0.15) is 0 Å². The lowest BCUT2D eigenvalue weighted by Crippen LogP contribution is -2.26. The molecule has 0 radical (unpaired) electrons. The molecule has 1 aromatic carbocycles. The van der Waals surface area contributed by atoms with E-state index >= 15 is 0 Å². The maximum atomic E-state index is 4.44. The Morgan fingerprint density at radius 3 is 2.33 bits per heavy atom. The van der Waals surface area contributed by atoms with Crippen LogP contribution in [0.5, 0.6) is 0 Å². The van der Waals surface area contributed by atoms with Crippen LogP contribution in [0.25, 0.3) is 0 Å². The van der Waals surface area contributed by atoms with Crippen LogP contribution in [-0.4, -0.2) is 10.6 Å². The summed E-state index contributed by atoms with van der Waals surface area (Å²) in [5.74, 6) is 0. The first-order valence-electron chi connectivity index (χ1n) is 5.34. The monoisotopic (exact) mass is 241 g/mol. The summed E-state index contributed by atoms with van der Waals surface area (Å²) in [7, 11) is 0. The van der Waals surface area contributed by atoms with E-state index in [2.05, 4.69) is 62.0 Å². The van der Waals surface area contributed by atoms with Crippen molar-refractivity contribution >= 4 is 30.3 Å². The van der Waals surface area contributed by atoms with E-state index in [4.69, 9.17) is 0 Å². The van der Waals surface area contributed by atoms with Crippen molar-refractivity contribution in [3.63, 3.8) is 0 Å². The molecule has 0 saturated heterocycles. The molecular weight excluding hydrogens is 222 g/mol. The number of rotatable bonds is 5. The average Bonchev–Trinajstić information content (AvgIpc) is 2.26. The zero-order chi connectivity index (χ0) is 11.3. The number of benzene rings is 1. The van der Waals surface area contributed by atoms with Crippen molar-refractivity contribution in [2.75, 3.05) is 4.31 Å². The van der Waals surface area contributed by atoms with Crippen LogP contribution in [0.4, 0.5) is 5.69 Å². The molecule has 84 valence electrons. The zero-order valence-electron chi connectivity index (χ0n) is 9.55. The summed E-state index contributed by atoms with van der Waals surface area (Å²) in [5.41, 5.74) is 1.26. The third-order valence-electron chi connectivity index (χ3n) is 2.27. The maximum absolute atomic E-state index is 4.44. The van der Waals surface area contributed by atoms with Crippen LogP contribution in [0.15, 0.2) is 30.3 Å². The van der Waals surface area contributed by atoms with Gasteiger partial charge in [-0.15, -0.1) is 0 Å². The molecule has 0 amide bonds. The molecule has 0 fully saturated rings. The van der Waals surface area contributed by atoms with Crippen LogP contribution >= 0.6 is 24.6 Å². The van der Waals surface area contributed by atoms with E-state index in [0.717, 1.165) is 6.42 Å². The molecule has 15 heavy (non-hydrogen) atoms. The van der Waals surface area contributed by atoms with Crippen LogP contribution in [0, 0.1) is 0 Å². The first kappa shape index (κ1) is 12.8. The third-order valence-corrected chi connectivity index (χ3v) is 3.65. The second kappa shape index (κ2) is 6.33. The van der Waals surface area contributed by atoms with Gasteiger partial charge in [0.15, 0.2) is 0 Å². The lowest BCUT2D eigenvalue weighted by Gasteiger charge is -2.30. The van der Waals surface area contributed by atoms with Crippen molar-refractivity contribution in [1.29, 1.82) is 0 Å². The van der Waals surface area contributed by atoms with E-state index in [9.17, 15) is 0 Å². The van der Waals surface area contributed by atoms with Crippen LogP contribution < -0.4 is 4.31 Å². The van der Waals surface area contributed by atoms with Gasteiger partial charge < -0.3 is 4.31 Å². The highest BCUT2D eigenvalue weighted by Gasteiger charge is 2.15. The van der Waals surface area contributed by atoms with Gasteiger partial charge in [-0.05, 0) is 44.3 Å². The summed E-state index contributed by atoms with van der Waals surface area (Å²) >= 11 is 6.23. The van der Waals surface area contributed by atoms with Crippen molar-refractivity contribution in [3.8, 4) is 0 Å². The third kappa shape index (κ3) is 3.99. The van der Waals surface area contributed by atoms with E-state index in [1.54, 1.807) is 11.9 Å². The van der Waals surface area contributed by atoms with Crippen molar-refractivity contribution in [2.45, 2.75) is 37.8 Å². The van der Waals surface area contributed by atoms with Gasteiger partial charge in [0.05, 0.1) is 4.58 Å². The molecule has 0 heterocycles. The predicted molar refractivity (Wildman–Crippen MR) is 74.7 cm³/mol. The number of thiol groups is 1. The summed E-state index contributed by atoms with van der Waals surface area (Å²) in [6.07, 6.45) is 1.14. The Labute approximate surface area is 103 Å². The zero-order valence-corrected chi connectivity index (χ0v) is 11.3. The quantitative estimate of drug-likeness (QED) is 0.467. The topological polar surface area (TPSA) is 3.24 Å². The molecular formula is C12H19NS2. The van der Waals surface area contributed by atoms with Gasteiger partial charge in [0, 0.05) is 11.7 Å². The summed E-state index contributed by atoms with van der Waals surface area (Å²) in [6, 6.07) is 11.0. The smallest absolute Gasteiger partial charge is 0.0644 e. The molecule has 2 atom stereocenters. The highest BCUT2D eigenvalue weighted by molar-refractivity contribution is 8.11. The molecule has 0 aliphatic carbocycles. The van der Waals surface area contributed by atoms with E-state index in [0.29, 0.717) is 10.6 Å². The summed E-state index contributed by atoms with van der Waals surface area (Å²) in [5, 5.41) is 0. The van der Waals surface area contributed by atoms with Gasteiger partial charge in [0.25, 0.3) is 0 Å². The minimum atomic E-state index is 0.319. The number of hydrogen-bond acceptors (Lipinski definition) is 3. The Kier molecular flexibility index (Phi) is 5.40. The summed E-state index contributed by atoms with van der Waals surface area (Å²) < 4.78 is 2.66. The van der Waals surface area contributed by atoms with Gasteiger partial charge in [0.2, 0.25) is 0 Å². The first-order chi connectivity index (χ1) is 7.15. The van der Waals surface area contributed by atoms with Gasteiger partial charge in [-0.25, -0.2) is 0 Å². The highest BCUT2D eigenvalue weighted by atomic mass is 32.2. The fourth-order valence-corrected chi connectivity index (χ4v) is 2.56. The van der Waals surface area contributed by atoms with E-state index < -0.39 is 0 Å². The summed E-state index contributed by atoms with van der Waals surface area (Å²) in [6.45, 7) is 6.56. The minimum absolute atomic E-state index is 0.319. The fourth-order valence-electron chi connectivity index (χ4n) is 1.32. The number of anilines is 1. The number of para-hydroxylation sites is 1. The molecule has 0 aromatic heterocycles. The standard InChI is InChI=1S/C12H19NS2/c1-4-10(2)13(15-11(3)14)12-8-6-5-7-9-12/h5-11,14H,4H2,1-3H3. The van der Waals surface area contributed by atoms with Crippen molar-refractivity contribution < 1.29 is 0 Å². The predicted octanol–water partition coefficient (Wildman–Crippen LogP) is 4.22. The second-order valence-corrected chi connectivity index (χ2v) is 6.06. The maximum Gasteiger partial charge on any atom is 0.0644 e. The SMILES string of the molecule is CCC(C)N(SC(C)S)c1ccccc1. The first-order valence-corrected chi connectivity index (χ1v) is 6.69. The van der Waals surface area contributed by atoms with Crippen molar-refractivity contribution in [3.05, 3.63) is 30.3 Å². The van der Waals surface area contributed by atoms with E-state index in [1.807, 2.05) is 6.07 Å². The summed E-state index contributed by atoms with van der Waals surface area (Å²) in [4.78, 5) is 0. The van der Waals surface area contributed by atoms with Crippen LogP contribution in [0.3, 0.4) is 0 Å². The largest absolute Gasteiger partial charge is 0.313 e. The molecule has 2 unspecified atom stereocenters. The Morgan fingerprint density at radius 1 is 1.27 bits per heavy atom. The highest BCUT2D eigenvalue weighted by Crippen LogP contribution is 2.30. The Bertz CT molecular complexity index is 274. The molecule has 0 aliphatic rings. The van der Waals surface area contributed by atoms with Crippen LogP contribution in [0.1, 0.15) is 27.2 Å². The van der Waals surface area contributed by atoms with Gasteiger partial charge in [-0.3, -0.25) is 0 Å². The molecule has 3 heteroatoms. The Morgan fingerprint density at radius 2 is 1.87 bits per heavy atom. The Hall–Kier alpha value is -0.280. The fraction of sp³-hybridized carbons (Fsp3) is 0.500. The lowest BCUT2D eigenvalue weighted by molar-refractivity contribution is 0.720. The van der Waals surface area contributed by atoms with Crippen molar-refractivity contribution in [1.82, 2.24) is 0 Å². The minimum Gasteiger partial charge on any atom is -0.313 e. The van der Waals surface area contributed by atoms with Gasteiger partial charge >= 0.3 is 0 Å². The van der Waals surface area contributed by atoms with Crippen LogP contribution in [-0.2, 0) is 0 Å². The molecule has 0 saturated carbocycles. The number of hydrogen-bond donors (Lipinski definition) is 1. The normalized spacial score (nSPS) is 14.7. The molecule has 0 bridgehead atoms.